The Balaban J connectivity index is 1.85. The molecule has 0 atom stereocenters. The number of halogens is 1. The second-order valence-electron chi connectivity index (χ2n) is 4.93. The highest BCUT2D eigenvalue weighted by atomic mass is 79.9. The van der Waals surface area contributed by atoms with Crippen molar-refractivity contribution in [2.24, 2.45) is 0 Å². The number of rotatable bonds is 3. The first-order valence-corrected chi connectivity index (χ1v) is 7.53. The summed E-state index contributed by atoms with van der Waals surface area (Å²) in [6, 6.07) is 9.71. The average Bonchev–Trinajstić information content (AvgIpc) is 2.49. The first-order chi connectivity index (χ1) is 9.74. The SMILES string of the molecule is O=C(Cc1ccc(Br)cn1)c1cccc2c1CCCN2. The van der Waals surface area contributed by atoms with Crippen LogP contribution < -0.4 is 5.32 Å². The highest BCUT2D eigenvalue weighted by Gasteiger charge is 2.17. The molecule has 1 aromatic heterocycles. The number of hydrogen-bond donors (Lipinski definition) is 1. The van der Waals surface area contributed by atoms with E-state index >= 15 is 0 Å². The summed E-state index contributed by atoms with van der Waals surface area (Å²) < 4.78 is 0.926. The van der Waals surface area contributed by atoms with Crippen molar-refractivity contribution < 1.29 is 4.79 Å². The lowest BCUT2D eigenvalue weighted by Crippen LogP contribution is -2.16. The van der Waals surface area contributed by atoms with Crippen LogP contribution in [0.2, 0.25) is 0 Å². The summed E-state index contributed by atoms with van der Waals surface area (Å²) in [4.78, 5) is 16.8. The van der Waals surface area contributed by atoms with Crippen LogP contribution in [0, 0.1) is 0 Å². The molecule has 1 aliphatic heterocycles. The molecule has 0 saturated carbocycles. The summed E-state index contributed by atoms with van der Waals surface area (Å²) >= 11 is 3.35. The molecule has 3 rings (SSSR count). The third-order valence-corrected chi connectivity index (χ3v) is 3.99. The monoisotopic (exact) mass is 330 g/mol. The van der Waals surface area contributed by atoms with Gasteiger partial charge in [-0.1, -0.05) is 12.1 Å². The van der Waals surface area contributed by atoms with Crippen LogP contribution in [0.1, 0.15) is 28.0 Å². The van der Waals surface area contributed by atoms with Gasteiger partial charge in [0.25, 0.3) is 0 Å². The molecule has 102 valence electrons. The van der Waals surface area contributed by atoms with Gasteiger partial charge in [-0.25, -0.2) is 0 Å². The summed E-state index contributed by atoms with van der Waals surface area (Å²) in [6.07, 6.45) is 4.13. The number of hydrogen-bond acceptors (Lipinski definition) is 3. The molecule has 0 radical (unpaired) electrons. The smallest absolute Gasteiger partial charge is 0.169 e. The van der Waals surface area contributed by atoms with Gasteiger partial charge in [-0.05, 0) is 52.5 Å². The van der Waals surface area contributed by atoms with E-state index in [0.29, 0.717) is 6.42 Å². The van der Waals surface area contributed by atoms with Crippen LogP contribution in [0.15, 0.2) is 41.0 Å². The minimum Gasteiger partial charge on any atom is -0.385 e. The maximum Gasteiger partial charge on any atom is 0.169 e. The van der Waals surface area contributed by atoms with Gasteiger partial charge < -0.3 is 5.32 Å². The molecule has 1 aliphatic rings. The summed E-state index contributed by atoms with van der Waals surface area (Å²) in [7, 11) is 0. The molecule has 0 spiro atoms. The molecule has 4 heteroatoms. The Morgan fingerprint density at radius 2 is 2.20 bits per heavy atom. The van der Waals surface area contributed by atoms with Crippen LogP contribution in [-0.4, -0.2) is 17.3 Å². The topological polar surface area (TPSA) is 42.0 Å². The molecule has 2 heterocycles. The number of nitrogens with zero attached hydrogens (tertiary/aromatic N) is 1. The lowest BCUT2D eigenvalue weighted by molar-refractivity contribution is 0.0991. The van der Waals surface area contributed by atoms with Gasteiger partial charge in [-0.2, -0.15) is 0 Å². The maximum absolute atomic E-state index is 12.5. The second kappa shape index (κ2) is 5.75. The highest BCUT2D eigenvalue weighted by molar-refractivity contribution is 9.10. The lowest BCUT2D eigenvalue weighted by Gasteiger charge is -2.20. The Hall–Kier alpha value is -1.68. The van der Waals surface area contributed by atoms with Gasteiger partial charge >= 0.3 is 0 Å². The number of Topliss-reactive ketones (excluding diaryl/α,β-unsaturated/α-hetero) is 1. The Kier molecular flexibility index (Phi) is 3.83. The molecule has 0 aliphatic carbocycles. The average molecular weight is 331 g/mol. The van der Waals surface area contributed by atoms with Crippen molar-refractivity contribution in [3.63, 3.8) is 0 Å². The molecule has 3 nitrogen and oxygen atoms in total. The van der Waals surface area contributed by atoms with Gasteiger partial charge in [-0.15, -0.1) is 0 Å². The number of anilines is 1. The molecule has 1 N–H and O–H groups in total. The third kappa shape index (κ3) is 2.75. The van der Waals surface area contributed by atoms with Gasteiger partial charge in [-0.3, -0.25) is 9.78 Å². The van der Waals surface area contributed by atoms with Crippen LogP contribution >= 0.6 is 15.9 Å². The van der Waals surface area contributed by atoms with Gasteiger partial charge in [0.2, 0.25) is 0 Å². The zero-order valence-electron chi connectivity index (χ0n) is 11.0. The summed E-state index contributed by atoms with van der Waals surface area (Å²) in [5, 5.41) is 3.36. The van der Waals surface area contributed by atoms with E-state index in [2.05, 4.69) is 26.2 Å². The molecule has 0 fully saturated rings. The first-order valence-electron chi connectivity index (χ1n) is 6.73. The maximum atomic E-state index is 12.5. The number of carbonyl (C=O) groups is 1. The number of aromatic nitrogens is 1. The molecule has 1 aromatic carbocycles. The minimum atomic E-state index is 0.139. The van der Waals surface area contributed by atoms with E-state index in [4.69, 9.17) is 0 Å². The van der Waals surface area contributed by atoms with E-state index in [0.717, 1.165) is 46.4 Å². The van der Waals surface area contributed by atoms with E-state index in [1.54, 1.807) is 6.20 Å². The standard InChI is InChI=1S/C16H15BrN2O/c17-11-6-7-12(19-10-11)9-16(20)14-3-1-5-15-13(14)4-2-8-18-15/h1,3,5-7,10,18H,2,4,8-9H2. The lowest BCUT2D eigenvalue weighted by atomic mass is 9.93. The minimum absolute atomic E-state index is 0.139. The van der Waals surface area contributed by atoms with Gasteiger partial charge in [0.1, 0.15) is 0 Å². The molecule has 2 aromatic rings. The van der Waals surface area contributed by atoms with Crippen molar-refractivity contribution in [2.75, 3.05) is 11.9 Å². The summed E-state index contributed by atoms with van der Waals surface area (Å²) in [5.74, 6) is 0.139. The van der Waals surface area contributed by atoms with Gasteiger partial charge in [0.15, 0.2) is 5.78 Å². The molecule has 0 bridgehead atoms. The quantitative estimate of drug-likeness (QED) is 0.874. The predicted molar refractivity (Wildman–Crippen MR) is 83.2 cm³/mol. The summed E-state index contributed by atoms with van der Waals surface area (Å²) in [6.45, 7) is 0.985. The molecular formula is C16H15BrN2O. The largest absolute Gasteiger partial charge is 0.385 e. The number of benzene rings is 1. The number of pyridine rings is 1. The van der Waals surface area contributed by atoms with Crippen molar-refractivity contribution in [3.8, 4) is 0 Å². The van der Waals surface area contributed by atoms with E-state index in [1.165, 1.54) is 0 Å². The Morgan fingerprint density at radius 1 is 1.30 bits per heavy atom. The number of nitrogens with one attached hydrogen (secondary N) is 1. The van der Waals surface area contributed by atoms with Crippen LogP contribution in [0.25, 0.3) is 0 Å². The van der Waals surface area contributed by atoms with Crippen molar-refractivity contribution in [1.29, 1.82) is 0 Å². The Bertz CT molecular complexity index is 637. The fourth-order valence-electron chi connectivity index (χ4n) is 2.54. The fourth-order valence-corrected chi connectivity index (χ4v) is 2.78. The molecule has 0 unspecified atom stereocenters. The van der Waals surface area contributed by atoms with Crippen molar-refractivity contribution >= 4 is 27.4 Å². The normalized spacial score (nSPS) is 13.4. The van der Waals surface area contributed by atoms with Crippen LogP contribution in [0.3, 0.4) is 0 Å². The predicted octanol–water partition coefficient (Wildman–Crippen LogP) is 3.63. The number of carbonyl (C=O) groups excluding carboxylic acids is 1. The van der Waals surface area contributed by atoms with Crippen molar-refractivity contribution in [2.45, 2.75) is 19.3 Å². The third-order valence-electron chi connectivity index (χ3n) is 3.53. The number of ketones is 1. The van der Waals surface area contributed by atoms with E-state index in [1.807, 2.05) is 30.3 Å². The van der Waals surface area contributed by atoms with Gasteiger partial charge in [0, 0.05) is 34.2 Å². The van der Waals surface area contributed by atoms with E-state index < -0.39 is 0 Å². The zero-order chi connectivity index (χ0) is 13.9. The zero-order valence-corrected chi connectivity index (χ0v) is 12.6. The molecular weight excluding hydrogens is 316 g/mol. The van der Waals surface area contributed by atoms with Crippen LogP contribution in [-0.2, 0) is 12.8 Å². The second-order valence-corrected chi connectivity index (χ2v) is 5.85. The van der Waals surface area contributed by atoms with E-state index in [-0.39, 0.29) is 5.78 Å². The van der Waals surface area contributed by atoms with Crippen molar-refractivity contribution in [1.82, 2.24) is 4.98 Å². The summed E-state index contributed by atoms with van der Waals surface area (Å²) in [5.41, 5.74) is 3.89. The van der Waals surface area contributed by atoms with Crippen LogP contribution in [0.4, 0.5) is 5.69 Å². The molecule has 0 amide bonds. The number of fused-ring (bicyclic) bond motifs is 1. The Morgan fingerprint density at radius 3 is 3.00 bits per heavy atom. The van der Waals surface area contributed by atoms with Crippen LogP contribution in [0.5, 0.6) is 0 Å². The van der Waals surface area contributed by atoms with E-state index in [9.17, 15) is 4.79 Å². The van der Waals surface area contributed by atoms with Crippen molar-refractivity contribution in [3.05, 3.63) is 57.8 Å². The highest BCUT2D eigenvalue weighted by Crippen LogP contribution is 2.26. The molecule has 0 saturated heterocycles. The molecule has 20 heavy (non-hydrogen) atoms. The first kappa shape index (κ1) is 13.3. The fraction of sp³-hybridized carbons (Fsp3) is 0.250. The Labute approximate surface area is 126 Å². The van der Waals surface area contributed by atoms with Gasteiger partial charge in [0.05, 0.1) is 6.42 Å².